The van der Waals surface area contributed by atoms with Crippen molar-refractivity contribution in [3.63, 3.8) is 0 Å². The van der Waals surface area contributed by atoms with E-state index in [-0.39, 0.29) is 18.4 Å². The minimum Gasteiger partial charge on any atom is -0.481 e. The van der Waals surface area contributed by atoms with Gasteiger partial charge in [0.2, 0.25) is 0 Å². The number of aliphatic hydroxyl groups is 1. The van der Waals surface area contributed by atoms with Gasteiger partial charge in [-0.15, -0.1) is 0 Å². The molecule has 1 aliphatic heterocycles. The summed E-state index contributed by atoms with van der Waals surface area (Å²) >= 11 is 0. The van der Waals surface area contributed by atoms with Gasteiger partial charge in [-0.05, 0) is 13.3 Å². The lowest BCUT2D eigenvalue weighted by molar-refractivity contribution is -0.140. The summed E-state index contributed by atoms with van der Waals surface area (Å²) < 4.78 is 5.22. The lowest BCUT2D eigenvalue weighted by atomic mass is 9.94. The molecule has 0 spiro atoms. The number of carboxylic acid groups (broad SMARTS) is 1. The first-order valence-electron chi connectivity index (χ1n) is 4.12. The van der Waals surface area contributed by atoms with Crippen LogP contribution in [0.3, 0.4) is 0 Å². The van der Waals surface area contributed by atoms with E-state index in [4.69, 9.17) is 9.84 Å². The van der Waals surface area contributed by atoms with Crippen LogP contribution in [0.5, 0.6) is 0 Å². The van der Waals surface area contributed by atoms with Crippen LogP contribution < -0.4 is 0 Å². The first kappa shape index (κ1) is 9.48. The number of carbonyl (C=O) groups is 1. The van der Waals surface area contributed by atoms with Crippen molar-refractivity contribution in [2.45, 2.75) is 32.0 Å². The largest absolute Gasteiger partial charge is 0.481 e. The molecule has 2 N–H and O–H groups in total. The fraction of sp³-hybridized carbons (Fsp3) is 0.875. The number of carboxylic acids is 1. The summed E-state index contributed by atoms with van der Waals surface area (Å²) in [6, 6.07) is 0. The third-order valence-corrected chi connectivity index (χ3v) is 2.31. The molecule has 0 saturated carbocycles. The zero-order chi connectivity index (χ0) is 9.14. The number of hydrogen-bond donors (Lipinski definition) is 2. The Morgan fingerprint density at radius 1 is 1.75 bits per heavy atom. The highest BCUT2D eigenvalue weighted by molar-refractivity contribution is 5.67. The highest BCUT2D eigenvalue weighted by Gasteiger charge is 2.31. The Morgan fingerprint density at radius 2 is 2.42 bits per heavy atom. The van der Waals surface area contributed by atoms with Crippen molar-refractivity contribution in [2.24, 2.45) is 5.92 Å². The molecule has 0 aromatic rings. The van der Waals surface area contributed by atoms with E-state index in [9.17, 15) is 9.90 Å². The third-order valence-electron chi connectivity index (χ3n) is 2.31. The van der Waals surface area contributed by atoms with E-state index in [2.05, 4.69) is 0 Å². The van der Waals surface area contributed by atoms with Gasteiger partial charge in [0, 0.05) is 12.5 Å². The van der Waals surface area contributed by atoms with Gasteiger partial charge in [0.1, 0.15) is 0 Å². The Balaban J connectivity index is 2.40. The predicted molar refractivity (Wildman–Crippen MR) is 41.8 cm³/mol. The predicted octanol–water partition coefficient (Wildman–Crippen LogP) is 0.247. The minimum absolute atomic E-state index is 0.0129. The van der Waals surface area contributed by atoms with Crippen molar-refractivity contribution in [1.29, 1.82) is 0 Å². The van der Waals surface area contributed by atoms with Crippen LogP contribution in [0.2, 0.25) is 0 Å². The van der Waals surface area contributed by atoms with Crippen LogP contribution in [-0.2, 0) is 9.53 Å². The van der Waals surface area contributed by atoms with Crippen LogP contribution in [-0.4, -0.2) is 35.0 Å². The minimum atomic E-state index is -0.957. The fourth-order valence-corrected chi connectivity index (χ4v) is 1.58. The lowest BCUT2D eigenvalue weighted by Gasteiger charge is -2.18. The quantitative estimate of drug-likeness (QED) is 0.643. The van der Waals surface area contributed by atoms with Gasteiger partial charge in [-0.1, -0.05) is 0 Å². The summed E-state index contributed by atoms with van der Waals surface area (Å²) in [5.41, 5.74) is 0. The molecular formula is C8H14O4. The van der Waals surface area contributed by atoms with Crippen molar-refractivity contribution in [3.8, 4) is 0 Å². The second-order valence-corrected chi connectivity index (χ2v) is 3.19. The lowest BCUT2D eigenvalue weighted by Crippen LogP contribution is -2.28. The van der Waals surface area contributed by atoms with Gasteiger partial charge in [-0.25, -0.2) is 0 Å². The van der Waals surface area contributed by atoms with Crippen molar-refractivity contribution in [1.82, 2.24) is 0 Å². The van der Waals surface area contributed by atoms with Crippen molar-refractivity contribution in [2.75, 3.05) is 6.61 Å². The standard InChI is InChI=1S/C8H14O4/c1-5-6(2-3-12-5)7(9)4-8(10)11/h5-7,9H,2-4H2,1H3,(H,10,11). The molecule has 1 rings (SSSR count). The molecule has 3 unspecified atom stereocenters. The highest BCUT2D eigenvalue weighted by Crippen LogP contribution is 2.25. The Hall–Kier alpha value is -0.610. The van der Waals surface area contributed by atoms with Crippen molar-refractivity contribution >= 4 is 5.97 Å². The molecule has 1 heterocycles. The molecule has 0 amide bonds. The maximum atomic E-state index is 10.3. The molecule has 1 fully saturated rings. The van der Waals surface area contributed by atoms with Crippen molar-refractivity contribution in [3.05, 3.63) is 0 Å². The molecule has 0 aromatic heterocycles. The molecule has 0 radical (unpaired) electrons. The highest BCUT2D eigenvalue weighted by atomic mass is 16.5. The molecule has 0 bridgehead atoms. The van der Waals surface area contributed by atoms with E-state index >= 15 is 0 Å². The Bertz CT molecular complexity index is 168. The average molecular weight is 174 g/mol. The average Bonchev–Trinajstić information content (AvgIpc) is 2.33. The smallest absolute Gasteiger partial charge is 0.305 e. The summed E-state index contributed by atoms with van der Waals surface area (Å²) in [6.07, 6.45) is -0.201. The first-order valence-corrected chi connectivity index (χ1v) is 4.12. The van der Waals surface area contributed by atoms with E-state index in [1.807, 2.05) is 6.92 Å². The van der Waals surface area contributed by atoms with Gasteiger partial charge in [0.05, 0.1) is 18.6 Å². The summed E-state index contributed by atoms with van der Waals surface area (Å²) in [6.45, 7) is 2.49. The molecule has 1 aliphatic rings. The molecule has 4 nitrogen and oxygen atoms in total. The normalized spacial score (nSPS) is 31.8. The molecular weight excluding hydrogens is 160 g/mol. The van der Waals surface area contributed by atoms with Crippen LogP contribution in [0.1, 0.15) is 19.8 Å². The van der Waals surface area contributed by atoms with Crippen molar-refractivity contribution < 1.29 is 19.7 Å². The topological polar surface area (TPSA) is 66.8 Å². The van der Waals surface area contributed by atoms with Crippen LogP contribution in [0, 0.1) is 5.92 Å². The number of aliphatic carboxylic acids is 1. The van der Waals surface area contributed by atoms with E-state index in [1.165, 1.54) is 0 Å². The zero-order valence-corrected chi connectivity index (χ0v) is 7.06. The molecule has 4 heteroatoms. The number of hydrogen-bond acceptors (Lipinski definition) is 3. The van der Waals surface area contributed by atoms with Gasteiger partial charge in [-0.2, -0.15) is 0 Å². The summed E-state index contributed by atoms with van der Waals surface area (Å²) in [5.74, 6) is -0.970. The molecule has 3 atom stereocenters. The van der Waals surface area contributed by atoms with Gasteiger partial charge in [0.15, 0.2) is 0 Å². The first-order chi connectivity index (χ1) is 5.61. The van der Waals surface area contributed by atoms with Crippen LogP contribution in [0.25, 0.3) is 0 Å². The molecule has 1 saturated heterocycles. The molecule has 70 valence electrons. The van der Waals surface area contributed by atoms with E-state index in [0.29, 0.717) is 6.61 Å². The van der Waals surface area contributed by atoms with E-state index in [0.717, 1.165) is 6.42 Å². The SMILES string of the molecule is CC1OCCC1C(O)CC(=O)O. The maximum Gasteiger partial charge on any atom is 0.305 e. The molecule has 0 aliphatic carbocycles. The van der Waals surface area contributed by atoms with Gasteiger partial charge < -0.3 is 14.9 Å². The Morgan fingerprint density at radius 3 is 2.83 bits per heavy atom. The van der Waals surface area contributed by atoms with Gasteiger partial charge in [-0.3, -0.25) is 4.79 Å². The Kier molecular flexibility index (Phi) is 3.05. The second-order valence-electron chi connectivity index (χ2n) is 3.19. The number of rotatable bonds is 3. The Labute approximate surface area is 71.2 Å². The van der Waals surface area contributed by atoms with Crippen LogP contribution >= 0.6 is 0 Å². The summed E-state index contributed by atoms with van der Waals surface area (Å²) in [5, 5.41) is 17.9. The van der Waals surface area contributed by atoms with E-state index in [1.54, 1.807) is 0 Å². The fourth-order valence-electron chi connectivity index (χ4n) is 1.58. The maximum absolute atomic E-state index is 10.3. The van der Waals surface area contributed by atoms with Crippen LogP contribution in [0.15, 0.2) is 0 Å². The number of ether oxygens (including phenoxy) is 1. The zero-order valence-electron chi connectivity index (χ0n) is 7.06. The summed E-state index contributed by atoms with van der Waals surface area (Å²) in [7, 11) is 0. The molecule has 0 aromatic carbocycles. The van der Waals surface area contributed by atoms with E-state index < -0.39 is 12.1 Å². The van der Waals surface area contributed by atoms with Crippen LogP contribution in [0.4, 0.5) is 0 Å². The number of aliphatic hydroxyl groups excluding tert-OH is 1. The van der Waals surface area contributed by atoms with Gasteiger partial charge >= 0.3 is 5.97 Å². The second kappa shape index (κ2) is 3.87. The van der Waals surface area contributed by atoms with Gasteiger partial charge in [0.25, 0.3) is 0 Å². The molecule has 12 heavy (non-hydrogen) atoms. The summed E-state index contributed by atoms with van der Waals surface area (Å²) in [4.78, 5) is 10.3. The monoisotopic (exact) mass is 174 g/mol. The third kappa shape index (κ3) is 2.19.